The Morgan fingerprint density at radius 2 is 1.27 bits per heavy atom. The SMILES string of the molecule is c1ccc(C2CCC(c3ccccc3)P2c2cc[cH-]c2)cc1. The van der Waals surface area contributed by atoms with Crippen molar-refractivity contribution in [2.75, 3.05) is 0 Å². The molecule has 0 aliphatic carbocycles. The first-order valence-corrected chi connectivity index (χ1v) is 9.51. The van der Waals surface area contributed by atoms with Crippen molar-refractivity contribution >= 4 is 13.2 Å². The summed E-state index contributed by atoms with van der Waals surface area (Å²) in [4.78, 5) is 0. The van der Waals surface area contributed by atoms with Gasteiger partial charge in [0.15, 0.2) is 0 Å². The van der Waals surface area contributed by atoms with E-state index < -0.39 is 0 Å². The van der Waals surface area contributed by atoms with E-state index in [0.717, 1.165) is 0 Å². The van der Waals surface area contributed by atoms with Gasteiger partial charge in [0.1, 0.15) is 0 Å². The van der Waals surface area contributed by atoms with Gasteiger partial charge in [0, 0.05) is 0 Å². The topological polar surface area (TPSA) is 0 Å². The van der Waals surface area contributed by atoms with E-state index in [1.807, 2.05) is 0 Å². The summed E-state index contributed by atoms with van der Waals surface area (Å²) < 4.78 is 0. The van der Waals surface area contributed by atoms with Crippen molar-refractivity contribution in [3.05, 3.63) is 96.1 Å². The van der Waals surface area contributed by atoms with Crippen molar-refractivity contribution in [1.29, 1.82) is 0 Å². The molecule has 110 valence electrons. The van der Waals surface area contributed by atoms with Crippen molar-refractivity contribution in [2.45, 2.75) is 24.2 Å². The lowest BCUT2D eigenvalue weighted by atomic mass is 10.0. The normalized spacial score (nSPS) is 24.5. The highest BCUT2D eigenvalue weighted by Gasteiger charge is 2.35. The average Bonchev–Trinajstić information content (AvgIpc) is 3.25. The van der Waals surface area contributed by atoms with Gasteiger partial charge in [-0.2, -0.15) is 23.5 Å². The number of hydrogen-bond donors (Lipinski definition) is 0. The molecule has 1 heterocycles. The van der Waals surface area contributed by atoms with Gasteiger partial charge in [-0.1, -0.05) is 60.7 Å². The highest BCUT2D eigenvalue weighted by molar-refractivity contribution is 7.66. The van der Waals surface area contributed by atoms with Crippen molar-refractivity contribution in [3.63, 3.8) is 0 Å². The fourth-order valence-electron chi connectivity index (χ4n) is 3.71. The summed E-state index contributed by atoms with van der Waals surface area (Å²) in [6.07, 6.45) is 2.61. The first-order chi connectivity index (χ1) is 10.9. The van der Waals surface area contributed by atoms with E-state index in [9.17, 15) is 0 Å². The summed E-state index contributed by atoms with van der Waals surface area (Å²) in [6, 6.07) is 31.3. The Labute approximate surface area is 133 Å². The molecule has 3 aromatic carbocycles. The van der Waals surface area contributed by atoms with E-state index in [-0.39, 0.29) is 7.92 Å². The number of benzene rings is 2. The van der Waals surface area contributed by atoms with Crippen LogP contribution in [0.5, 0.6) is 0 Å². The molecule has 0 nitrogen and oxygen atoms in total. The Morgan fingerprint density at radius 3 is 1.73 bits per heavy atom. The van der Waals surface area contributed by atoms with Crippen LogP contribution in [0.25, 0.3) is 0 Å². The zero-order valence-electron chi connectivity index (χ0n) is 12.6. The Balaban J connectivity index is 1.75. The molecule has 2 atom stereocenters. The molecular formula is C21H20P-. The maximum atomic E-state index is 2.34. The van der Waals surface area contributed by atoms with Gasteiger partial charge in [-0.3, -0.25) is 0 Å². The molecule has 0 bridgehead atoms. The molecule has 0 aromatic heterocycles. The molecular weight excluding hydrogens is 283 g/mol. The minimum atomic E-state index is -0.183. The molecule has 1 saturated heterocycles. The third-order valence-corrected chi connectivity index (χ3v) is 8.05. The van der Waals surface area contributed by atoms with Crippen LogP contribution in [0.1, 0.15) is 35.3 Å². The van der Waals surface area contributed by atoms with Crippen molar-refractivity contribution in [1.82, 2.24) is 0 Å². The molecule has 1 fully saturated rings. The summed E-state index contributed by atoms with van der Waals surface area (Å²) >= 11 is 0. The second-order valence-corrected chi connectivity index (χ2v) is 8.56. The maximum Gasteiger partial charge on any atom is -0.00271 e. The van der Waals surface area contributed by atoms with Crippen LogP contribution in [0.4, 0.5) is 0 Å². The van der Waals surface area contributed by atoms with Gasteiger partial charge in [-0.25, -0.2) is 6.07 Å². The first kappa shape index (κ1) is 13.9. The van der Waals surface area contributed by atoms with Crippen LogP contribution >= 0.6 is 7.92 Å². The van der Waals surface area contributed by atoms with Gasteiger partial charge >= 0.3 is 0 Å². The lowest BCUT2D eigenvalue weighted by Gasteiger charge is -2.31. The highest BCUT2D eigenvalue weighted by atomic mass is 31.1. The molecule has 0 spiro atoms. The molecule has 3 aromatic rings. The lowest BCUT2D eigenvalue weighted by molar-refractivity contribution is 0.765. The van der Waals surface area contributed by atoms with E-state index in [0.29, 0.717) is 11.3 Å². The molecule has 1 heteroatoms. The van der Waals surface area contributed by atoms with Crippen molar-refractivity contribution in [3.8, 4) is 0 Å². The Morgan fingerprint density at radius 1 is 0.727 bits per heavy atom. The Hall–Kier alpha value is -1.78. The van der Waals surface area contributed by atoms with E-state index >= 15 is 0 Å². The highest BCUT2D eigenvalue weighted by Crippen LogP contribution is 2.69. The molecule has 4 rings (SSSR count). The maximum absolute atomic E-state index is 2.34. The molecule has 0 saturated carbocycles. The van der Waals surface area contributed by atoms with Gasteiger partial charge in [-0.15, -0.1) is 7.92 Å². The molecule has 22 heavy (non-hydrogen) atoms. The molecule has 0 amide bonds. The minimum Gasteiger partial charge on any atom is -0.206 e. The van der Waals surface area contributed by atoms with Crippen molar-refractivity contribution < 1.29 is 0 Å². The van der Waals surface area contributed by atoms with Crippen LogP contribution in [0, 0.1) is 0 Å². The summed E-state index contributed by atoms with van der Waals surface area (Å²) in [5.41, 5.74) is 4.44. The summed E-state index contributed by atoms with van der Waals surface area (Å²) in [5, 5.41) is 1.57. The second kappa shape index (κ2) is 6.15. The first-order valence-electron chi connectivity index (χ1n) is 8.03. The molecule has 2 unspecified atom stereocenters. The fraction of sp³-hybridized carbons (Fsp3) is 0.190. The lowest BCUT2D eigenvalue weighted by Crippen LogP contribution is -2.05. The van der Waals surface area contributed by atoms with E-state index in [2.05, 4.69) is 84.9 Å². The standard InChI is InChI=1S/C21H20P/c1-3-9-17(10-4-1)20-15-16-21(18-11-5-2-6-12-18)22(20)19-13-7-8-14-19/h1-14,20-21H,15-16H2/q-1. The third kappa shape index (κ3) is 2.53. The smallest absolute Gasteiger partial charge is 0.00271 e. The molecule has 0 N–H and O–H groups in total. The van der Waals surface area contributed by atoms with E-state index in [1.54, 1.807) is 5.30 Å². The predicted molar refractivity (Wildman–Crippen MR) is 96.2 cm³/mol. The van der Waals surface area contributed by atoms with E-state index in [1.165, 1.54) is 24.0 Å². The minimum absolute atomic E-state index is 0.183. The Kier molecular flexibility index (Phi) is 3.87. The number of rotatable bonds is 3. The van der Waals surface area contributed by atoms with Crippen LogP contribution < -0.4 is 5.30 Å². The number of hydrogen-bond acceptors (Lipinski definition) is 0. The van der Waals surface area contributed by atoms with Gasteiger partial charge < -0.3 is 0 Å². The molecule has 1 aliphatic heterocycles. The average molecular weight is 303 g/mol. The van der Waals surface area contributed by atoms with Crippen LogP contribution in [0.3, 0.4) is 0 Å². The van der Waals surface area contributed by atoms with Crippen LogP contribution in [-0.4, -0.2) is 0 Å². The van der Waals surface area contributed by atoms with Gasteiger partial charge in [0.25, 0.3) is 0 Å². The largest absolute Gasteiger partial charge is 0.206 e. The van der Waals surface area contributed by atoms with Gasteiger partial charge in [0.05, 0.1) is 0 Å². The zero-order valence-corrected chi connectivity index (χ0v) is 13.5. The molecule has 0 radical (unpaired) electrons. The fourth-order valence-corrected chi connectivity index (χ4v) is 7.22. The van der Waals surface area contributed by atoms with Crippen LogP contribution in [0.15, 0.2) is 84.9 Å². The van der Waals surface area contributed by atoms with E-state index in [4.69, 9.17) is 0 Å². The Bertz CT molecular complexity index is 653. The van der Waals surface area contributed by atoms with Crippen LogP contribution in [-0.2, 0) is 0 Å². The summed E-state index contributed by atoms with van der Waals surface area (Å²) in [7, 11) is -0.183. The predicted octanol–water partition coefficient (Wildman–Crippen LogP) is 5.79. The van der Waals surface area contributed by atoms with Gasteiger partial charge in [-0.05, 0) is 35.3 Å². The van der Waals surface area contributed by atoms with Crippen LogP contribution in [0.2, 0.25) is 0 Å². The zero-order chi connectivity index (χ0) is 14.8. The van der Waals surface area contributed by atoms with Crippen molar-refractivity contribution in [2.24, 2.45) is 0 Å². The quantitative estimate of drug-likeness (QED) is 0.424. The summed E-state index contributed by atoms with van der Waals surface area (Å²) in [5.74, 6) is 0. The van der Waals surface area contributed by atoms with Gasteiger partial charge in [0.2, 0.25) is 0 Å². The monoisotopic (exact) mass is 303 g/mol. The second-order valence-electron chi connectivity index (χ2n) is 5.98. The third-order valence-electron chi connectivity index (χ3n) is 4.70. The molecule has 1 aliphatic rings. The summed E-state index contributed by atoms with van der Waals surface area (Å²) in [6.45, 7) is 0.